The Morgan fingerprint density at radius 2 is 1.73 bits per heavy atom. The van der Waals surface area contributed by atoms with Gasteiger partial charge in [0.15, 0.2) is 11.0 Å². The van der Waals surface area contributed by atoms with Gasteiger partial charge in [-0.1, -0.05) is 11.8 Å². The van der Waals surface area contributed by atoms with Gasteiger partial charge in [0, 0.05) is 16.1 Å². The summed E-state index contributed by atoms with van der Waals surface area (Å²) in [6, 6.07) is 14.2. The lowest BCUT2D eigenvalue weighted by atomic mass is 10.1. The Labute approximate surface area is 269 Å². The van der Waals surface area contributed by atoms with Crippen LogP contribution in [-0.2, 0) is 28.9 Å². The maximum atomic E-state index is 13.4. The standard InChI is InChI=1S/C32H35N5O6S2/c1-5-42-23-16-12-21(13-17-23)37-26(18-33-29(39)20-10-14-22(41-4)15-11-20)35-36-32(37)44-19(3)28(38)34-30-27(31(40)43-6-2)24-8-7-9-25(24)45-30/h10-17,19H,5-9,18H2,1-4H3,(H,33,39)(H,34,38)/t19-/m0/s1. The third-order valence-corrected chi connectivity index (χ3v) is 9.40. The van der Waals surface area contributed by atoms with E-state index in [0.29, 0.717) is 45.2 Å². The number of thioether (sulfide) groups is 1. The van der Waals surface area contributed by atoms with Gasteiger partial charge in [0.1, 0.15) is 16.5 Å². The minimum absolute atomic E-state index is 0.0931. The molecule has 1 aliphatic rings. The van der Waals surface area contributed by atoms with Crippen LogP contribution >= 0.6 is 23.1 Å². The average molecular weight is 650 g/mol. The van der Waals surface area contributed by atoms with Gasteiger partial charge in [0.2, 0.25) is 5.91 Å². The first-order valence-electron chi connectivity index (χ1n) is 14.7. The number of nitrogens with one attached hydrogen (secondary N) is 2. The number of hydrogen-bond acceptors (Lipinski definition) is 10. The zero-order valence-corrected chi connectivity index (χ0v) is 27.2. The minimum atomic E-state index is -0.593. The number of fused-ring (bicyclic) bond motifs is 1. The lowest BCUT2D eigenvalue weighted by Crippen LogP contribution is -2.25. The number of carbonyl (C=O) groups excluding carboxylic acids is 3. The number of nitrogens with zero attached hydrogens (tertiary/aromatic N) is 3. The number of hydrogen-bond donors (Lipinski definition) is 2. The molecule has 0 bridgehead atoms. The monoisotopic (exact) mass is 649 g/mol. The van der Waals surface area contributed by atoms with Crippen LogP contribution in [0.2, 0.25) is 0 Å². The third-order valence-electron chi connectivity index (χ3n) is 7.15. The Hall–Kier alpha value is -4.36. The van der Waals surface area contributed by atoms with Crippen molar-refractivity contribution < 1.29 is 28.6 Å². The molecule has 4 aromatic rings. The van der Waals surface area contributed by atoms with Crippen LogP contribution in [0.1, 0.15) is 64.2 Å². The molecule has 0 saturated carbocycles. The molecule has 11 nitrogen and oxygen atoms in total. The number of methoxy groups -OCH3 is 1. The van der Waals surface area contributed by atoms with Gasteiger partial charge < -0.3 is 24.8 Å². The maximum absolute atomic E-state index is 13.4. The van der Waals surface area contributed by atoms with Gasteiger partial charge in [-0.25, -0.2) is 4.79 Å². The Kier molecular flexibility index (Phi) is 10.4. The van der Waals surface area contributed by atoms with E-state index in [1.165, 1.54) is 23.1 Å². The van der Waals surface area contributed by atoms with Crippen molar-refractivity contribution in [1.82, 2.24) is 20.1 Å². The molecule has 0 fully saturated rings. The minimum Gasteiger partial charge on any atom is -0.497 e. The smallest absolute Gasteiger partial charge is 0.341 e. The highest BCUT2D eigenvalue weighted by Crippen LogP contribution is 2.40. The van der Waals surface area contributed by atoms with E-state index >= 15 is 0 Å². The molecule has 0 unspecified atom stereocenters. The predicted molar refractivity (Wildman–Crippen MR) is 173 cm³/mol. The molecule has 2 N–H and O–H groups in total. The summed E-state index contributed by atoms with van der Waals surface area (Å²) in [6.07, 6.45) is 2.66. The summed E-state index contributed by atoms with van der Waals surface area (Å²) in [5, 5.41) is 15.0. The third kappa shape index (κ3) is 7.31. The molecule has 0 radical (unpaired) electrons. The van der Waals surface area contributed by atoms with E-state index in [4.69, 9.17) is 14.2 Å². The van der Waals surface area contributed by atoms with Crippen LogP contribution in [0.4, 0.5) is 5.00 Å². The maximum Gasteiger partial charge on any atom is 0.341 e. The molecule has 1 atom stereocenters. The van der Waals surface area contributed by atoms with Gasteiger partial charge in [0.05, 0.1) is 37.7 Å². The summed E-state index contributed by atoms with van der Waals surface area (Å²) >= 11 is 2.66. The second kappa shape index (κ2) is 14.6. The first-order valence-corrected chi connectivity index (χ1v) is 16.4. The largest absolute Gasteiger partial charge is 0.497 e. The Morgan fingerprint density at radius 3 is 2.42 bits per heavy atom. The number of anilines is 1. The number of rotatable bonds is 13. The highest BCUT2D eigenvalue weighted by molar-refractivity contribution is 8.00. The number of thiophene rings is 1. The zero-order valence-electron chi connectivity index (χ0n) is 25.5. The molecular weight excluding hydrogens is 615 g/mol. The van der Waals surface area contributed by atoms with Crippen molar-refractivity contribution >= 4 is 45.9 Å². The Morgan fingerprint density at radius 1 is 1.00 bits per heavy atom. The Balaban J connectivity index is 1.36. The van der Waals surface area contributed by atoms with Crippen molar-refractivity contribution in [2.75, 3.05) is 25.6 Å². The van der Waals surface area contributed by atoms with Crippen molar-refractivity contribution in [3.63, 3.8) is 0 Å². The number of carbonyl (C=O) groups is 3. The topological polar surface area (TPSA) is 134 Å². The number of benzene rings is 2. The van der Waals surface area contributed by atoms with Gasteiger partial charge in [0.25, 0.3) is 5.91 Å². The van der Waals surface area contributed by atoms with E-state index in [0.717, 1.165) is 35.4 Å². The molecule has 0 aliphatic heterocycles. The molecule has 13 heteroatoms. The molecule has 236 valence electrons. The van der Waals surface area contributed by atoms with Crippen LogP contribution in [0.5, 0.6) is 11.5 Å². The highest BCUT2D eigenvalue weighted by Gasteiger charge is 2.30. The van der Waals surface area contributed by atoms with Gasteiger partial charge in [-0.15, -0.1) is 21.5 Å². The van der Waals surface area contributed by atoms with Crippen LogP contribution < -0.4 is 20.1 Å². The molecular formula is C32H35N5O6S2. The SMILES string of the molecule is CCOC(=O)c1c(NC(=O)[C@H](C)Sc2nnc(CNC(=O)c3ccc(OC)cc3)n2-c2ccc(OCC)cc2)sc2c1CCC2. The molecule has 1 aliphatic carbocycles. The fourth-order valence-electron chi connectivity index (χ4n) is 4.95. The number of aryl methyl sites for hydroxylation is 1. The van der Waals surface area contributed by atoms with E-state index in [2.05, 4.69) is 20.8 Å². The average Bonchev–Trinajstić information content (AvgIpc) is 3.75. The van der Waals surface area contributed by atoms with E-state index < -0.39 is 11.2 Å². The van der Waals surface area contributed by atoms with Gasteiger partial charge in [-0.2, -0.15) is 0 Å². The molecule has 0 saturated heterocycles. The summed E-state index contributed by atoms with van der Waals surface area (Å²) in [4.78, 5) is 40.2. The highest BCUT2D eigenvalue weighted by atomic mass is 32.2. The first-order chi connectivity index (χ1) is 21.8. The van der Waals surface area contributed by atoms with Gasteiger partial charge >= 0.3 is 5.97 Å². The zero-order chi connectivity index (χ0) is 31.9. The fourth-order valence-corrected chi connectivity index (χ4v) is 7.12. The Bertz CT molecular complexity index is 1670. The normalized spacial score (nSPS) is 12.7. The predicted octanol–water partition coefficient (Wildman–Crippen LogP) is 5.45. The van der Waals surface area contributed by atoms with Gasteiger partial charge in [-0.05, 0) is 94.1 Å². The summed E-state index contributed by atoms with van der Waals surface area (Å²) in [7, 11) is 1.57. The van der Waals surface area contributed by atoms with Crippen LogP contribution in [0.25, 0.3) is 5.69 Å². The van der Waals surface area contributed by atoms with E-state index in [1.54, 1.807) is 45.2 Å². The number of ether oxygens (including phenoxy) is 3. The van der Waals surface area contributed by atoms with E-state index in [9.17, 15) is 14.4 Å². The summed E-state index contributed by atoms with van der Waals surface area (Å²) < 4.78 is 17.9. The summed E-state index contributed by atoms with van der Waals surface area (Å²) in [6.45, 7) is 6.34. The fraction of sp³-hybridized carbons (Fsp3) is 0.344. The van der Waals surface area contributed by atoms with Crippen LogP contribution in [0.3, 0.4) is 0 Å². The van der Waals surface area contributed by atoms with Crippen molar-refractivity contribution in [2.24, 2.45) is 0 Å². The van der Waals surface area contributed by atoms with E-state index in [-0.39, 0.29) is 25.0 Å². The molecule has 2 heterocycles. The summed E-state index contributed by atoms with van der Waals surface area (Å²) in [5.74, 6) is 0.884. The molecule has 5 rings (SSSR count). The van der Waals surface area contributed by atoms with Crippen LogP contribution in [0, 0.1) is 0 Å². The lowest BCUT2D eigenvalue weighted by molar-refractivity contribution is -0.115. The molecule has 0 spiro atoms. The van der Waals surface area contributed by atoms with E-state index in [1.807, 2.05) is 35.8 Å². The molecule has 45 heavy (non-hydrogen) atoms. The molecule has 2 aromatic heterocycles. The second-order valence-electron chi connectivity index (χ2n) is 10.1. The lowest BCUT2D eigenvalue weighted by Gasteiger charge is -2.15. The van der Waals surface area contributed by atoms with Crippen LogP contribution in [0.15, 0.2) is 53.7 Å². The van der Waals surface area contributed by atoms with Crippen molar-refractivity contribution in [3.05, 3.63) is 75.9 Å². The van der Waals surface area contributed by atoms with Crippen molar-refractivity contribution in [3.8, 4) is 17.2 Å². The quantitative estimate of drug-likeness (QED) is 0.143. The van der Waals surface area contributed by atoms with Crippen LogP contribution in [-0.4, -0.2) is 58.1 Å². The van der Waals surface area contributed by atoms with Crippen molar-refractivity contribution in [1.29, 1.82) is 0 Å². The summed E-state index contributed by atoms with van der Waals surface area (Å²) in [5.41, 5.74) is 2.66. The number of amides is 2. The van der Waals surface area contributed by atoms with Gasteiger partial charge in [-0.3, -0.25) is 14.2 Å². The number of esters is 1. The molecule has 2 amide bonds. The number of aromatic nitrogens is 3. The van der Waals surface area contributed by atoms with Crippen molar-refractivity contribution in [2.45, 2.75) is 57.0 Å². The second-order valence-corrected chi connectivity index (χ2v) is 12.5. The molecule has 2 aromatic carbocycles. The first kappa shape index (κ1) is 32.0.